The lowest BCUT2D eigenvalue weighted by atomic mass is 10.4. The van der Waals surface area contributed by atoms with Gasteiger partial charge in [0.05, 0.1) is 19.0 Å². The number of hydrogen-bond donors (Lipinski definition) is 1. The molecule has 1 aromatic rings. The maximum Gasteiger partial charge on any atom is 0.106 e. The van der Waals surface area contributed by atoms with E-state index in [4.69, 9.17) is 10.1 Å². The third-order valence-corrected chi connectivity index (χ3v) is 3.53. The summed E-state index contributed by atoms with van der Waals surface area (Å²) in [6.07, 6.45) is 0. The second kappa shape index (κ2) is 5.92. The van der Waals surface area contributed by atoms with Crippen LogP contribution in [0.2, 0.25) is 0 Å². The van der Waals surface area contributed by atoms with Crippen molar-refractivity contribution in [3.63, 3.8) is 0 Å². The molecular formula is C12H16N2OS. The molecule has 3 nitrogen and oxygen atoms in total. The molecule has 0 atom stereocenters. The van der Waals surface area contributed by atoms with E-state index in [0.717, 1.165) is 32.1 Å². The lowest BCUT2D eigenvalue weighted by Crippen LogP contribution is -2.41. The minimum absolute atomic E-state index is 0.706. The quantitative estimate of drug-likeness (QED) is 0.496. The Morgan fingerprint density at radius 1 is 1.25 bits per heavy atom. The van der Waals surface area contributed by atoms with Crippen LogP contribution in [0.25, 0.3) is 0 Å². The standard InChI is InChI=1S/C12H16N2OS/c13-12(14-6-8-15-9-7-14)10-16-11-4-2-1-3-5-11/h1-5,13H,6-10H2. The van der Waals surface area contributed by atoms with Crippen LogP contribution in [0, 0.1) is 5.41 Å². The van der Waals surface area contributed by atoms with Gasteiger partial charge in [-0.1, -0.05) is 18.2 Å². The molecule has 1 N–H and O–H groups in total. The fraction of sp³-hybridized carbons (Fsp3) is 0.417. The summed E-state index contributed by atoms with van der Waals surface area (Å²) in [6.45, 7) is 3.21. The molecule has 2 rings (SSSR count). The minimum Gasteiger partial charge on any atom is -0.378 e. The summed E-state index contributed by atoms with van der Waals surface area (Å²) in [5, 5.41) is 7.98. The number of benzene rings is 1. The van der Waals surface area contributed by atoms with Crippen LogP contribution in [0.4, 0.5) is 0 Å². The van der Waals surface area contributed by atoms with E-state index < -0.39 is 0 Å². The molecule has 0 radical (unpaired) electrons. The first-order chi connectivity index (χ1) is 7.86. The average Bonchev–Trinajstić information content (AvgIpc) is 2.38. The highest BCUT2D eigenvalue weighted by Crippen LogP contribution is 2.17. The first-order valence-corrected chi connectivity index (χ1v) is 6.43. The first kappa shape index (κ1) is 11.5. The monoisotopic (exact) mass is 236 g/mol. The Kier molecular flexibility index (Phi) is 4.25. The van der Waals surface area contributed by atoms with Crippen LogP contribution in [0.15, 0.2) is 35.2 Å². The normalized spacial score (nSPS) is 16.1. The summed E-state index contributed by atoms with van der Waals surface area (Å²) < 4.78 is 5.27. The van der Waals surface area contributed by atoms with Crippen molar-refractivity contribution in [3.8, 4) is 0 Å². The van der Waals surface area contributed by atoms with Gasteiger partial charge in [-0.05, 0) is 12.1 Å². The first-order valence-electron chi connectivity index (χ1n) is 5.44. The number of amidine groups is 1. The summed E-state index contributed by atoms with van der Waals surface area (Å²) in [4.78, 5) is 3.32. The van der Waals surface area contributed by atoms with Gasteiger partial charge < -0.3 is 9.64 Å². The topological polar surface area (TPSA) is 36.3 Å². The van der Waals surface area contributed by atoms with E-state index in [2.05, 4.69) is 17.0 Å². The summed E-state index contributed by atoms with van der Waals surface area (Å²) >= 11 is 1.72. The highest BCUT2D eigenvalue weighted by molar-refractivity contribution is 8.00. The molecule has 1 aromatic carbocycles. The molecule has 0 aliphatic carbocycles. The summed E-state index contributed by atoms with van der Waals surface area (Å²) in [5.41, 5.74) is 0. The molecule has 1 heterocycles. The predicted octanol–water partition coefficient (Wildman–Crippen LogP) is 2.09. The maximum atomic E-state index is 7.98. The number of nitrogens with one attached hydrogen (secondary N) is 1. The lowest BCUT2D eigenvalue weighted by molar-refractivity contribution is 0.0676. The van der Waals surface area contributed by atoms with Crippen LogP contribution in [0.5, 0.6) is 0 Å². The Bertz CT molecular complexity index is 336. The average molecular weight is 236 g/mol. The zero-order valence-electron chi connectivity index (χ0n) is 9.19. The van der Waals surface area contributed by atoms with Crippen molar-refractivity contribution < 1.29 is 4.74 Å². The van der Waals surface area contributed by atoms with Gasteiger partial charge in [-0.2, -0.15) is 0 Å². The molecule has 0 aromatic heterocycles. The van der Waals surface area contributed by atoms with E-state index in [1.807, 2.05) is 18.2 Å². The molecular weight excluding hydrogens is 220 g/mol. The fourth-order valence-electron chi connectivity index (χ4n) is 1.59. The van der Waals surface area contributed by atoms with Gasteiger partial charge in [-0.3, -0.25) is 5.41 Å². The molecule has 1 saturated heterocycles. The van der Waals surface area contributed by atoms with Gasteiger partial charge in [0.2, 0.25) is 0 Å². The van der Waals surface area contributed by atoms with Crippen LogP contribution in [-0.4, -0.2) is 42.8 Å². The van der Waals surface area contributed by atoms with E-state index in [0.29, 0.717) is 5.84 Å². The van der Waals surface area contributed by atoms with Gasteiger partial charge in [0.1, 0.15) is 5.84 Å². The molecule has 0 unspecified atom stereocenters. The molecule has 1 aliphatic rings. The number of thioether (sulfide) groups is 1. The van der Waals surface area contributed by atoms with Crippen LogP contribution in [-0.2, 0) is 4.74 Å². The van der Waals surface area contributed by atoms with Crippen LogP contribution < -0.4 is 0 Å². The van der Waals surface area contributed by atoms with Gasteiger partial charge in [0, 0.05) is 18.0 Å². The number of rotatable bonds is 3. The van der Waals surface area contributed by atoms with Gasteiger partial charge in [0.15, 0.2) is 0 Å². The summed E-state index contributed by atoms with van der Waals surface area (Å²) in [5.74, 6) is 1.45. The zero-order valence-corrected chi connectivity index (χ0v) is 10.0. The SMILES string of the molecule is N=C(CSc1ccccc1)N1CCOCC1. The molecule has 86 valence electrons. The number of nitrogens with zero attached hydrogens (tertiary/aromatic N) is 1. The van der Waals surface area contributed by atoms with Gasteiger partial charge >= 0.3 is 0 Å². The summed E-state index contributed by atoms with van der Waals surface area (Å²) in [6, 6.07) is 10.2. The Balaban J connectivity index is 1.79. The predicted molar refractivity (Wildman–Crippen MR) is 67.3 cm³/mol. The highest BCUT2D eigenvalue weighted by Gasteiger charge is 2.13. The number of morpholine rings is 1. The molecule has 1 aliphatic heterocycles. The van der Waals surface area contributed by atoms with Crippen molar-refractivity contribution in [2.75, 3.05) is 32.1 Å². The molecule has 4 heteroatoms. The van der Waals surface area contributed by atoms with E-state index >= 15 is 0 Å². The van der Waals surface area contributed by atoms with Crippen molar-refractivity contribution >= 4 is 17.6 Å². The Morgan fingerprint density at radius 3 is 2.62 bits per heavy atom. The second-order valence-corrected chi connectivity index (χ2v) is 4.70. The molecule has 1 fully saturated rings. The zero-order chi connectivity index (χ0) is 11.2. The van der Waals surface area contributed by atoms with Gasteiger partial charge in [-0.25, -0.2) is 0 Å². The number of ether oxygens (including phenoxy) is 1. The Morgan fingerprint density at radius 2 is 1.94 bits per heavy atom. The van der Waals surface area contributed by atoms with Crippen LogP contribution >= 0.6 is 11.8 Å². The Labute approximate surface area is 100 Å². The smallest absolute Gasteiger partial charge is 0.106 e. The lowest BCUT2D eigenvalue weighted by Gasteiger charge is -2.28. The molecule has 0 amide bonds. The molecule has 16 heavy (non-hydrogen) atoms. The van der Waals surface area contributed by atoms with Crippen molar-refractivity contribution in [2.24, 2.45) is 0 Å². The third kappa shape index (κ3) is 3.25. The number of hydrogen-bond acceptors (Lipinski definition) is 3. The molecule has 0 saturated carbocycles. The summed E-state index contributed by atoms with van der Waals surface area (Å²) in [7, 11) is 0. The van der Waals surface area contributed by atoms with Gasteiger partial charge in [0.25, 0.3) is 0 Å². The van der Waals surface area contributed by atoms with Crippen molar-refractivity contribution in [1.82, 2.24) is 4.90 Å². The van der Waals surface area contributed by atoms with E-state index in [1.165, 1.54) is 4.90 Å². The van der Waals surface area contributed by atoms with Gasteiger partial charge in [-0.15, -0.1) is 11.8 Å². The molecule has 0 bridgehead atoms. The Hall–Kier alpha value is -1.00. The van der Waals surface area contributed by atoms with Crippen molar-refractivity contribution in [1.29, 1.82) is 5.41 Å². The van der Waals surface area contributed by atoms with E-state index in [-0.39, 0.29) is 0 Å². The maximum absolute atomic E-state index is 7.98. The highest BCUT2D eigenvalue weighted by atomic mass is 32.2. The van der Waals surface area contributed by atoms with Crippen molar-refractivity contribution in [2.45, 2.75) is 4.90 Å². The molecule has 0 spiro atoms. The second-order valence-electron chi connectivity index (χ2n) is 3.65. The fourth-order valence-corrected chi connectivity index (χ4v) is 2.43. The van der Waals surface area contributed by atoms with Crippen LogP contribution in [0.1, 0.15) is 0 Å². The van der Waals surface area contributed by atoms with E-state index in [1.54, 1.807) is 11.8 Å². The minimum atomic E-state index is 0.706. The van der Waals surface area contributed by atoms with Crippen molar-refractivity contribution in [3.05, 3.63) is 30.3 Å². The largest absolute Gasteiger partial charge is 0.378 e. The van der Waals surface area contributed by atoms with E-state index in [9.17, 15) is 0 Å². The third-order valence-electron chi connectivity index (χ3n) is 2.51. The van der Waals surface area contributed by atoms with Crippen LogP contribution in [0.3, 0.4) is 0 Å².